The van der Waals surface area contributed by atoms with Crippen molar-refractivity contribution < 1.29 is 5.11 Å². The minimum Gasteiger partial charge on any atom is -0.396 e. The van der Waals surface area contributed by atoms with Crippen LogP contribution >= 0.6 is 0 Å². The molecule has 5 heteroatoms. The molecule has 0 bridgehead atoms. The van der Waals surface area contributed by atoms with Gasteiger partial charge in [-0.1, -0.05) is 0 Å². The molecule has 0 spiro atoms. The Balaban J connectivity index is 3.95. The van der Waals surface area contributed by atoms with Gasteiger partial charge >= 0.3 is 0 Å². The van der Waals surface area contributed by atoms with Crippen LogP contribution in [0.2, 0.25) is 0 Å². The standard InChI is InChI=1S/C14H34N4O/c1-15(2)8-11-18(12-9-16(3)4)13-10-17(5)7-6-14-19/h19H,6-14H2,1-5H3. The summed E-state index contributed by atoms with van der Waals surface area (Å²) >= 11 is 0. The lowest BCUT2D eigenvalue weighted by Crippen LogP contribution is -2.40. The molecule has 0 saturated carbocycles. The predicted octanol–water partition coefficient (Wildman–Crippen LogP) is -0.274. The first-order chi connectivity index (χ1) is 8.95. The SMILES string of the molecule is CN(C)CCN(CCN(C)C)CCN(C)CCCO. The minimum atomic E-state index is 0.287. The zero-order valence-corrected chi connectivity index (χ0v) is 13.6. The van der Waals surface area contributed by atoms with Gasteiger partial charge in [-0.2, -0.15) is 0 Å². The van der Waals surface area contributed by atoms with Crippen LogP contribution in [0.4, 0.5) is 0 Å². The van der Waals surface area contributed by atoms with Gasteiger partial charge in [-0.15, -0.1) is 0 Å². The Kier molecular flexibility index (Phi) is 11.5. The lowest BCUT2D eigenvalue weighted by Gasteiger charge is -2.27. The van der Waals surface area contributed by atoms with Gasteiger partial charge in [0.1, 0.15) is 0 Å². The number of hydrogen-bond acceptors (Lipinski definition) is 5. The molecule has 116 valence electrons. The van der Waals surface area contributed by atoms with Gasteiger partial charge in [0, 0.05) is 52.4 Å². The van der Waals surface area contributed by atoms with Crippen molar-refractivity contribution in [1.82, 2.24) is 19.6 Å². The highest BCUT2D eigenvalue weighted by Gasteiger charge is 2.07. The van der Waals surface area contributed by atoms with Crippen LogP contribution in [0.1, 0.15) is 6.42 Å². The van der Waals surface area contributed by atoms with Crippen LogP contribution in [0.25, 0.3) is 0 Å². The lowest BCUT2D eigenvalue weighted by molar-refractivity contribution is 0.185. The number of likely N-dealkylation sites (N-methyl/N-ethyl adjacent to an activating group) is 3. The van der Waals surface area contributed by atoms with Gasteiger partial charge in [0.05, 0.1) is 0 Å². The molecule has 0 aliphatic rings. The van der Waals surface area contributed by atoms with Crippen LogP contribution in [0, 0.1) is 0 Å². The molecular formula is C14H34N4O. The molecule has 0 heterocycles. The summed E-state index contributed by atoms with van der Waals surface area (Å²) < 4.78 is 0. The summed E-state index contributed by atoms with van der Waals surface area (Å²) in [4.78, 5) is 9.29. The van der Waals surface area contributed by atoms with E-state index < -0.39 is 0 Å². The molecule has 1 N–H and O–H groups in total. The van der Waals surface area contributed by atoms with Gasteiger partial charge in [0.25, 0.3) is 0 Å². The molecule has 0 rings (SSSR count). The van der Waals surface area contributed by atoms with Crippen molar-refractivity contribution in [2.24, 2.45) is 0 Å². The van der Waals surface area contributed by atoms with Gasteiger partial charge in [0.15, 0.2) is 0 Å². The number of aliphatic hydroxyl groups excluding tert-OH is 1. The van der Waals surface area contributed by atoms with Crippen LogP contribution in [0.15, 0.2) is 0 Å². The van der Waals surface area contributed by atoms with Crippen LogP contribution in [-0.4, -0.2) is 112 Å². The Morgan fingerprint density at radius 2 is 1.11 bits per heavy atom. The predicted molar refractivity (Wildman–Crippen MR) is 82.7 cm³/mol. The van der Waals surface area contributed by atoms with Crippen LogP contribution in [-0.2, 0) is 0 Å². The summed E-state index contributed by atoms with van der Waals surface area (Å²) in [7, 11) is 10.6. The van der Waals surface area contributed by atoms with E-state index in [4.69, 9.17) is 5.11 Å². The largest absolute Gasteiger partial charge is 0.396 e. The van der Waals surface area contributed by atoms with E-state index in [1.807, 2.05) is 0 Å². The third kappa shape index (κ3) is 12.6. The average Bonchev–Trinajstić information content (AvgIpc) is 2.34. The first kappa shape index (κ1) is 18.8. The average molecular weight is 274 g/mol. The van der Waals surface area contributed by atoms with E-state index in [0.717, 1.165) is 52.2 Å². The van der Waals surface area contributed by atoms with E-state index in [0.29, 0.717) is 0 Å². The summed E-state index contributed by atoms with van der Waals surface area (Å²) in [6.07, 6.45) is 0.867. The molecule has 0 aliphatic heterocycles. The van der Waals surface area contributed by atoms with Gasteiger partial charge in [0.2, 0.25) is 0 Å². The quantitative estimate of drug-likeness (QED) is 0.530. The van der Waals surface area contributed by atoms with Crippen molar-refractivity contribution in [1.29, 1.82) is 0 Å². The van der Waals surface area contributed by atoms with Crippen LogP contribution < -0.4 is 0 Å². The Hall–Kier alpha value is -0.200. The Morgan fingerprint density at radius 3 is 1.53 bits per heavy atom. The molecule has 0 radical (unpaired) electrons. The molecule has 0 saturated heterocycles. The second-order valence-electron chi connectivity index (χ2n) is 5.83. The van der Waals surface area contributed by atoms with E-state index in [1.54, 1.807) is 0 Å². The van der Waals surface area contributed by atoms with E-state index in [9.17, 15) is 0 Å². The monoisotopic (exact) mass is 274 g/mol. The molecular weight excluding hydrogens is 240 g/mol. The second-order valence-corrected chi connectivity index (χ2v) is 5.83. The zero-order valence-electron chi connectivity index (χ0n) is 13.6. The molecule has 5 nitrogen and oxygen atoms in total. The third-order valence-corrected chi connectivity index (χ3v) is 3.22. The molecule has 0 amide bonds. The van der Waals surface area contributed by atoms with Crippen molar-refractivity contribution in [3.8, 4) is 0 Å². The van der Waals surface area contributed by atoms with Crippen molar-refractivity contribution in [3.63, 3.8) is 0 Å². The van der Waals surface area contributed by atoms with E-state index >= 15 is 0 Å². The maximum atomic E-state index is 8.84. The highest BCUT2D eigenvalue weighted by Crippen LogP contribution is 1.94. The first-order valence-corrected chi connectivity index (χ1v) is 7.27. The maximum absolute atomic E-state index is 8.84. The third-order valence-electron chi connectivity index (χ3n) is 3.22. The lowest BCUT2D eigenvalue weighted by atomic mass is 10.3. The van der Waals surface area contributed by atoms with Gasteiger partial charge in [-0.3, -0.25) is 4.90 Å². The Labute approximate surface area is 119 Å². The number of nitrogens with zero attached hydrogens (tertiary/aromatic N) is 4. The van der Waals surface area contributed by atoms with Crippen molar-refractivity contribution in [2.75, 3.05) is 87.7 Å². The second kappa shape index (κ2) is 11.6. The summed E-state index contributed by atoms with van der Waals surface area (Å²) in [5.74, 6) is 0. The summed E-state index contributed by atoms with van der Waals surface area (Å²) in [6.45, 7) is 7.89. The molecule has 0 aromatic rings. The smallest absolute Gasteiger partial charge is 0.0443 e. The normalized spacial score (nSPS) is 12.3. The Morgan fingerprint density at radius 1 is 0.632 bits per heavy atom. The Bertz CT molecular complexity index is 188. The van der Waals surface area contributed by atoms with Gasteiger partial charge in [-0.25, -0.2) is 0 Å². The van der Waals surface area contributed by atoms with Crippen LogP contribution in [0.3, 0.4) is 0 Å². The highest BCUT2D eigenvalue weighted by atomic mass is 16.3. The van der Waals surface area contributed by atoms with E-state index in [1.165, 1.54) is 0 Å². The fourth-order valence-electron chi connectivity index (χ4n) is 1.78. The number of hydrogen-bond donors (Lipinski definition) is 1. The summed E-state index contributed by atoms with van der Waals surface area (Å²) in [5.41, 5.74) is 0. The van der Waals surface area contributed by atoms with Crippen molar-refractivity contribution in [3.05, 3.63) is 0 Å². The zero-order chi connectivity index (χ0) is 14.7. The van der Waals surface area contributed by atoms with Gasteiger partial charge < -0.3 is 19.8 Å². The topological polar surface area (TPSA) is 33.2 Å². The van der Waals surface area contributed by atoms with E-state index in [2.05, 4.69) is 54.8 Å². The highest BCUT2D eigenvalue weighted by molar-refractivity contribution is 4.64. The summed E-state index contributed by atoms with van der Waals surface area (Å²) in [6, 6.07) is 0. The molecule has 0 fully saturated rings. The molecule has 0 unspecified atom stereocenters. The van der Waals surface area contributed by atoms with Crippen molar-refractivity contribution in [2.45, 2.75) is 6.42 Å². The first-order valence-electron chi connectivity index (χ1n) is 7.27. The van der Waals surface area contributed by atoms with Gasteiger partial charge in [-0.05, 0) is 41.7 Å². The fourth-order valence-corrected chi connectivity index (χ4v) is 1.78. The fraction of sp³-hybridized carbons (Fsp3) is 1.00. The number of rotatable bonds is 12. The van der Waals surface area contributed by atoms with E-state index in [-0.39, 0.29) is 6.61 Å². The number of aliphatic hydroxyl groups is 1. The molecule has 0 aromatic carbocycles. The molecule has 0 atom stereocenters. The maximum Gasteiger partial charge on any atom is 0.0443 e. The summed E-state index contributed by atoms with van der Waals surface area (Å²) in [5, 5.41) is 8.84. The minimum absolute atomic E-state index is 0.287. The van der Waals surface area contributed by atoms with Crippen molar-refractivity contribution >= 4 is 0 Å². The van der Waals surface area contributed by atoms with Crippen LogP contribution in [0.5, 0.6) is 0 Å². The molecule has 0 aliphatic carbocycles. The molecule has 19 heavy (non-hydrogen) atoms. The molecule has 0 aromatic heterocycles.